The van der Waals surface area contributed by atoms with Crippen molar-refractivity contribution < 1.29 is 31.8 Å². The van der Waals surface area contributed by atoms with Gasteiger partial charge < -0.3 is 19.3 Å². The monoisotopic (exact) mass is 381 g/mol. The second-order valence-corrected chi connectivity index (χ2v) is 8.01. The van der Waals surface area contributed by atoms with E-state index >= 15 is 0 Å². The van der Waals surface area contributed by atoms with Gasteiger partial charge in [-0.1, -0.05) is 6.07 Å². The Morgan fingerprint density at radius 2 is 2.12 bits per heavy atom. The zero-order chi connectivity index (χ0) is 18.7. The van der Waals surface area contributed by atoms with Gasteiger partial charge in [-0.05, 0) is 37.1 Å². The van der Waals surface area contributed by atoms with Gasteiger partial charge in [0.05, 0.1) is 7.11 Å². The van der Waals surface area contributed by atoms with Crippen LogP contribution in [0.2, 0.25) is 0 Å². The average molecular weight is 381 g/mol. The van der Waals surface area contributed by atoms with Crippen molar-refractivity contribution in [3.05, 3.63) is 35.1 Å². The third kappa shape index (κ3) is 2.50. The normalized spacial score (nSPS) is 30.1. The summed E-state index contributed by atoms with van der Waals surface area (Å²) < 4.78 is 42.3. The maximum absolute atomic E-state index is 12.3. The molecular weight excluding hydrogens is 362 g/mol. The molecule has 0 unspecified atom stereocenters. The first-order chi connectivity index (χ1) is 12.2. The van der Waals surface area contributed by atoms with Crippen LogP contribution in [0.3, 0.4) is 0 Å². The summed E-state index contributed by atoms with van der Waals surface area (Å²) in [6.45, 7) is 0.644. The van der Waals surface area contributed by atoms with Gasteiger partial charge in [0.15, 0.2) is 23.0 Å². The number of nitrogens with one attached hydrogen (secondary N) is 1. The first-order valence-electron chi connectivity index (χ1n) is 8.30. The summed E-state index contributed by atoms with van der Waals surface area (Å²) >= 11 is 0. The molecule has 26 heavy (non-hydrogen) atoms. The lowest BCUT2D eigenvalue weighted by Gasteiger charge is -2.53. The number of ether oxygens (including phenoxy) is 1. The van der Waals surface area contributed by atoms with Crippen LogP contribution in [0.25, 0.3) is 0 Å². The highest BCUT2D eigenvalue weighted by atomic mass is 32.3. The molecule has 0 saturated carbocycles. The van der Waals surface area contributed by atoms with E-state index in [0.29, 0.717) is 24.9 Å². The van der Waals surface area contributed by atoms with Crippen LogP contribution in [-0.4, -0.2) is 43.6 Å². The van der Waals surface area contributed by atoms with Gasteiger partial charge in [0.2, 0.25) is 0 Å². The molecule has 2 aliphatic carbocycles. The number of methoxy groups -OCH3 is 1. The summed E-state index contributed by atoms with van der Waals surface area (Å²) in [6.07, 6.45) is 2.74. The van der Waals surface area contributed by atoms with Crippen LogP contribution in [0.1, 0.15) is 24.0 Å². The topological polar surface area (TPSA) is 122 Å². The summed E-state index contributed by atoms with van der Waals surface area (Å²) in [7, 11) is -3.41. The van der Waals surface area contributed by atoms with E-state index in [2.05, 4.69) is 5.32 Å². The fourth-order valence-corrected chi connectivity index (χ4v) is 5.14. The Labute approximate surface area is 150 Å². The highest BCUT2D eigenvalue weighted by molar-refractivity contribution is 7.81. The number of allylic oxidation sites excluding steroid dienone is 1. The lowest BCUT2D eigenvalue weighted by molar-refractivity contribution is -0.121. The molecule has 1 heterocycles. The number of aliphatic hydroxyl groups excluding tert-OH is 1. The van der Waals surface area contributed by atoms with E-state index in [4.69, 9.17) is 8.92 Å². The van der Waals surface area contributed by atoms with Crippen LogP contribution < -0.4 is 14.2 Å². The minimum atomic E-state index is -4.78. The molecule has 0 aromatic heterocycles. The summed E-state index contributed by atoms with van der Waals surface area (Å²) in [5.41, 5.74) is 0.677. The molecule has 0 spiro atoms. The Balaban J connectivity index is 2.01. The Bertz CT molecular complexity index is 923. The molecule has 1 fully saturated rings. The average Bonchev–Trinajstić information content (AvgIpc) is 2.54. The van der Waals surface area contributed by atoms with E-state index in [0.717, 1.165) is 5.56 Å². The molecule has 1 aromatic carbocycles. The number of piperidine rings is 1. The summed E-state index contributed by atoms with van der Waals surface area (Å²) in [5.74, 6) is -0.770. The molecule has 3 aliphatic rings. The Morgan fingerprint density at radius 3 is 2.81 bits per heavy atom. The number of hydrogen-bond acceptors (Lipinski definition) is 7. The van der Waals surface area contributed by atoms with Crippen LogP contribution in [0, 0.1) is 5.92 Å². The minimum absolute atomic E-state index is 0.0125. The molecule has 0 amide bonds. The number of hydrogen-bond donors (Lipinski definition) is 3. The maximum atomic E-state index is 12.3. The van der Waals surface area contributed by atoms with E-state index in [1.54, 1.807) is 12.1 Å². The molecule has 140 valence electrons. The molecule has 8 nitrogen and oxygen atoms in total. The molecular formula is C17H19NO7S. The van der Waals surface area contributed by atoms with Crippen molar-refractivity contribution >= 4 is 16.2 Å². The highest BCUT2D eigenvalue weighted by Gasteiger charge is 2.55. The predicted octanol–water partition coefficient (Wildman–Crippen LogP) is 1.06. The van der Waals surface area contributed by atoms with Crippen molar-refractivity contribution in [3.8, 4) is 11.5 Å². The van der Waals surface area contributed by atoms with Gasteiger partial charge in [0.25, 0.3) is 0 Å². The lowest BCUT2D eigenvalue weighted by atomic mass is 9.54. The van der Waals surface area contributed by atoms with Gasteiger partial charge in [-0.25, -0.2) is 0 Å². The molecule has 4 rings (SSSR count). The molecule has 1 aromatic rings. The molecule has 2 bridgehead atoms. The summed E-state index contributed by atoms with van der Waals surface area (Å²) in [6, 6.07) is 3.42. The summed E-state index contributed by atoms with van der Waals surface area (Å²) in [4.78, 5) is 12.3. The number of carbonyl (C=O) groups is 1. The van der Waals surface area contributed by atoms with Crippen LogP contribution in [0.4, 0.5) is 0 Å². The van der Waals surface area contributed by atoms with Crippen LogP contribution in [0.15, 0.2) is 24.0 Å². The fourth-order valence-electron chi connectivity index (χ4n) is 4.77. The Kier molecular flexibility index (Phi) is 3.80. The van der Waals surface area contributed by atoms with Gasteiger partial charge in [-0.3, -0.25) is 9.35 Å². The third-order valence-electron chi connectivity index (χ3n) is 5.70. The number of ketones is 1. The van der Waals surface area contributed by atoms with Gasteiger partial charge in [0.1, 0.15) is 0 Å². The molecule has 3 N–H and O–H groups in total. The van der Waals surface area contributed by atoms with E-state index in [1.165, 1.54) is 7.11 Å². The molecule has 0 radical (unpaired) electrons. The first kappa shape index (κ1) is 17.3. The number of rotatable bonds is 3. The van der Waals surface area contributed by atoms with Crippen molar-refractivity contribution in [3.63, 3.8) is 0 Å². The van der Waals surface area contributed by atoms with E-state index < -0.39 is 21.6 Å². The quantitative estimate of drug-likeness (QED) is 0.665. The largest absolute Gasteiger partial charge is 0.505 e. The van der Waals surface area contributed by atoms with Crippen molar-refractivity contribution in [1.82, 2.24) is 5.32 Å². The van der Waals surface area contributed by atoms with Gasteiger partial charge >= 0.3 is 10.4 Å². The van der Waals surface area contributed by atoms with E-state index in [-0.39, 0.29) is 35.6 Å². The van der Waals surface area contributed by atoms with Crippen molar-refractivity contribution in [2.24, 2.45) is 5.92 Å². The van der Waals surface area contributed by atoms with Gasteiger partial charge in [0, 0.05) is 29.4 Å². The van der Waals surface area contributed by atoms with Gasteiger partial charge in [-0.2, -0.15) is 8.42 Å². The molecule has 1 aliphatic heterocycles. The van der Waals surface area contributed by atoms with Crippen LogP contribution >= 0.6 is 0 Å². The zero-order valence-corrected chi connectivity index (χ0v) is 14.9. The first-order valence-corrected chi connectivity index (χ1v) is 9.66. The number of fused-ring (bicyclic) bond motifs is 1. The van der Waals surface area contributed by atoms with Crippen molar-refractivity contribution in [2.75, 3.05) is 13.7 Å². The Hall–Kier alpha value is -2.10. The third-order valence-corrected chi connectivity index (χ3v) is 6.08. The second-order valence-electron chi connectivity index (χ2n) is 6.99. The molecule has 9 heteroatoms. The predicted molar refractivity (Wildman–Crippen MR) is 90.8 cm³/mol. The zero-order valence-electron chi connectivity index (χ0n) is 14.1. The molecule has 3 atom stereocenters. The lowest BCUT2D eigenvalue weighted by Crippen LogP contribution is -2.60. The smallest absolute Gasteiger partial charge is 0.446 e. The maximum Gasteiger partial charge on any atom is 0.446 e. The second kappa shape index (κ2) is 5.70. The SMILES string of the molecule is COc1ccc2c(c1OS(=O)(=O)O)[C@@]13CCN[C@H](C2)[C@@H]1C=C(O)C(=O)C3. The van der Waals surface area contributed by atoms with E-state index in [9.17, 15) is 22.9 Å². The number of carbonyl (C=O) groups excluding carboxylic acids is 1. The van der Waals surface area contributed by atoms with Crippen LogP contribution in [-0.2, 0) is 27.0 Å². The Morgan fingerprint density at radius 1 is 1.35 bits per heavy atom. The minimum Gasteiger partial charge on any atom is -0.505 e. The number of aliphatic hydroxyl groups is 1. The van der Waals surface area contributed by atoms with E-state index in [1.807, 2.05) is 6.07 Å². The fraction of sp³-hybridized carbons (Fsp3) is 0.471. The highest BCUT2D eigenvalue weighted by Crippen LogP contribution is 2.56. The number of Topliss-reactive ketones (excluding diaryl/α,β-unsaturated/α-hetero) is 1. The van der Waals surface area contributed by atoms with Crippen molar-refractivity contribution in [1.29, 1.82) is 0 Å². The van der Waals surface area contributed by atoms with Gasteiger partial charge in [-0.15, -0.1) is 0 Å². The van der Waals surface area contributed by atoms with Crippen LogP contribution in [0.5, 0.6) is 11.5 Å². The van der Waals surface area contributed by atoms with Crippen molar-refractivity contribution in [2.45, 2.75) is 30.7 Å². The standard InChI is InChI=1S/C17H19NO7S/c1-24-14-3-2-9-6-11-10-7-12(19)13(20)8-17(10,4-5-18-11)15(9)16(14)25-26(21,22)23/h2-3,7,10-11,18-19H,4-6,8H2,1H3,(H,21,22,23)/t10-,11+,17+/m0/s1. The molecule has 1 saturated heterocycles. The summed E-state index contributed by atoms with van der Waals surface area (Å²) in [5, 5.41) is 13.4. The number of benzene rings is 1.